The minimum Gasteiger partial charge on any atom is -0.343 e. The molecular formula is C26H42N4O4. The highest BCUT2D eigenvalue weighted by atomic mass is 16.5. The summed E-state index contributed by atoms with van der Waals surface area (Å²) in [5, 5.41) is 16.8. The number of nitrogens with one attached hydrogen (secondary N) is 2. The predicted octanol–water partition coefficient (Wildman–Crippen LogP) is 4.54. The highest BCUT2D eigenvalue weighted by Gasteiger charge is 2.40. The quantitative estimate of drug-likeness (QED) is 0.221. The van der Waals surface area contributed by atoms with E-state index in [1.54, 1.807) is 24.4 Å². The van der Waals surface area contributed by atoms with E-state index in [1.165, 1.54) is 6.42 Å². The van der Waals surface area contributed by atoms with Gasteiger partial charge in [-0.05, 0) is 42.7 Å². The number of rotatable bonds is 13. The van der Waals surface area contributed by atoms with E-state index in [1.807, 2.05) is 27.7 Å². The summed E-state index contributed by atoms with van der Waals surface area (Å²) in [5.41, 5.74) is -0.520. The van der Waals surface area contributed by atoms with E-state index in [9.17, 15) is 19.6 Å². The number of aromatic nitrogens is 1. The molecule has 0 saturated heterocycles. The van der Waals surface area contributed by atoms with E-state index in [-0.39, 0.29) is 11.8 Å². The summed E-state index contributed by atoms with van der Waals surface area (Å²) in [5.74, 6) is -0.449. The van der Waals surface area contributed by atoms with Crippen molar-refractivity contribution < 1.29 is 19.6 Å². The fourth-order valence-electron chi connectivity index (χ4n) is 4.82. The molecule has 0 aliphatic heterocycles. The first-order chi connectivity index (χ1) is 16.2. The molecule has 34 heavy (non-hydrogen) atoms. The Morgan fingerprint density at radius 1 is 1.21 bits per heavy atom. The Kier molecular flexibility index (Phi) is 11.0. The molecule has 0 radical (unpaired) electrons. The average Bonchev–Trinajstić information content (AvgIpc) is 2.85. The van der Waals surface area contributed by atoms with Gasteiger partial charge in [-0.25, -0.2) is 10.0 Å². The number of pyridine rings is 1. The maximum absolute atomic E-state index is 13.7. The molecular weight excluding hydrogens is 432 g/mol. The molecule has 0 bridgehead atoms. The Morgan fingerprint density at radius 3 is 2.47 bits per heavy atom. The van der Waals surface area contributed by atoms with Crippen molar-refractivity contribution in [1.29, 1.82) is 0 Å². The normalized spacial score (nSPS) is 17.3. The van der Waals surface area contributed by atoms with Crippen LogP contribution >= 0.6 is 0 Å². The van der Waals surface area contributed by atoms with Crippen LogP contribution in [0.4, 0.5) is 5.82 Å². The lowest BCUT2D eigenvalue weighted by Gasteiger charge is -2.37. The Bertz CT molecular complexity index is 780. The Balaban J connectivity index is 2.30. The van der Waals surface area contributed by atoms with Crippen molar-refractivity contribution >= 4 is 24.0 Å². The standard InChI is InChI=1S/C26H42N4O4/c1-5-12-21(30(34)18-31)20(17-19-13-8-7-9-14-19)24(32)29-23(26(3,4)6-2)25(33)28-22-15-10-11-16-27-22/h10-11,15-16,18-21,23,34H,5-9,12-14,17H2,1-4H3,(H,29,32)(H,27,28,33)/t20-,21+,23?/m1/s1. The van der Waals surface area contributed by atoms with Gasteiger partial charge in [-0.2, -0.15) is 0 Å². The van der Waals surface area contributed by atoms with Crippen LogP contribution in [0.1, 0.15) is 85.5 Å². The molecule has 0 spiro atoms. The maximum Gasteiger partial charge on any atom is 0.248 e. The second-order valence-corrected chi connectivity index (χ2v) is 10.2. The van der Waals surface area contributed by atoms with Gasteiger partial charge in [0.05, 0.1) is 12.0 Å². The number of hydrogen-bond donors (Lipinski definition) is 3. The molecule has 1 aliphatic carbocycles. The summed E-state index contributed by atoms with van der Waals surface area (Å²) in [6.45, 7) is 7.83. The molecule has 1 fully saturated rings. The van der Waals surface area contributed by atoms with Crippen LogP contribution in [0.5, 0.6) is 0 Å². The topological polar surface area (TPSA) is 112 Å². The number of carbonyl (C=O) groups excluding carboxylic acids is 3. The van der Waals surface area contributed by atoms with E-state index in [0.717, 1.165) is 25.7 Å². The Labute approximate surface area is 203 Å². The van der Waals surface area contributed by atoms with Crippen LogP contribution < -0.4 is 10.6 Å². The summed E-state index contributed by atoms with van der Waals surface area (Å²) < 4.78 is 0. The molecule has 3 amide bonds. The molecule has 1 saturated carbocycles. The monoisotopic (exact) mass is 474 g/mol. The zero-order valence-corrected chi connectivity index (χ0v) is 21.1. The van der Waals surface area contributed by atoms with Crippen LogP contribution in [0.25, 0.3) is 0 Å². The second-order valence-electron chi connectivity index (χ2n) is 10.2. The Hall–Kier alpha value is -2.48. The smallest absolute Gasteiger partial charge is 0.248 e. The summed E-state index contributed by atoms with van der Waals surface area (Å²) in [6.07, 6.45) is 9.99. The van der Waals surface area contributed by atoms with E-state index >= 15 is 0 Å². The third kappa shape index (κ3) is 7.79. The third-order valence-electron chi connectivity index (χ3n) is 7.30. The van der Waals surface area contributed by atoms with E-state index < -0.39 is 23.4 Å². The zero-order valence-electron chi connectivity index (χ0n) is 21.1. The van der Waals surface area contributed by atoms with Crippen molar-refractivity contribution in [3.63, 3.8) is 0 Å². The highest BCUT2D eigenvalue weighted by molar-refractivity contribution is 5.97. The van der Waals surface area contributed by atoms with Gasteiger partial charge in [0.15, 0.2) is 0 Å². The van der Waals surface area contributed by atoms with Crippen LogP contribution in [0.15, 0.2) is 24.4 Å². The number of amides is 3. The average molecular weight is 475 g/mol. The van der Waals surface area contributed by atoms with E-state index in [2.05, 4.69) is 15.6 Å². The number of hydrogen-bond acceptors (Lipinski definition) is 5. The minimum atomic E-state index is -0.800. The van der Waals surface area contributed by atoms with Gasteiger partial charge in [0.2, 0.25) is 18.2 Å². The van der Waals surface area contributed by atoms with Crippen molar-refractivity contribution in [2.75, 3.05) is 5.32 Å². The van der Waals surface area contributed by atoms with E-state index in [0.29, 0.717) is 48.9 Å². The lowest BCUT2D eigenvalue weighted by molar-refractivity contribution is -0.170. The largest absolute Gasteiger partial charge is 0.343 e. The van der Waals surface area contributed by atoms with Crippen LogP contribution in [0.2, 0.25) is 0 Å². The predicted molar refractivity (Wildman–Crippen MR) is 132 cm³/mol. The lowest BCUT2D eigenvalue weighted by atomic mass is 9.78. The van der Waals surface area contributed by atoms with Crippen molar-refractivity contribution in [2.24, 2.45) is 17.3 Å². The summed E-state index contributed by atoms with van der Waals surface area (Å²) in [6, 6.07) is 3.82. The molecule has 1 heterocycles. The van der Waals surface area contributed by atoms with Crippen molar-refractivity contribution in [2.45, 2.75) is 97.6 Å². The van der Waals surface area contributed by atoms with Crippen molar-refractivity contribution in [1.82, 2.24) is 15.4 Å². The highest BCUT2D eigenvalue weighted by Crippen LogP contribution is 2.33. The SMILES string of the molecule is CCC[C@@H]([C@@H](CC1CCCCC1)C(=O)NC(C(=O)Nc1ccccn1)C(C)(C)CC)N(O)C=O. The second kappa shape index (κ2) is 13.4. The molecule has 2 rings (SSSR count). The van der Waals surface area contributed by atoms with Crippen molar-refractivity contribution in [3.8, 4) is 0 Å². The molecule has 8 heteroatoms. The number of carbonyl (C=O) groups is 3. The number of nitrogens with zero attached hydrogens (tertiary/aromatic N) is 2. The molecule has 1 aromatic heterocycles. The first-order valence-electron chi connectivity index (χ1n) is 12.7. The van der Waals surface area contributed by atoms with Crippen LogP contribution in [-0.2, 0) is 14.4 Å². The van der Waals surface area contributed by atoms with Gasteiger partial charge < -0.3 is 10.6 Å². The molecule has 1 aromatic rings. The van der Waals surface area contributed by atoms with Crippen molar-refractivity contribution in [3.05, 3.63) is 24.4 Å². The van der Waals surface area contributed by atoms with Gasteiger partial charge in [-0.15, -0.1) is 0 Å². The number of hydroxylamine groups is 2. The molecule has 190 valence electrons. The molecule has 3 N–H and O–H groups in total. The summed E-state index contributed by atoms with van der Waals surface area (Å²) in [4.78, 5) is 42.6. The molecule has 8 nitrogen and oxygen atoms in total. The minimum absolute atomic E-state index is 0.299. The molecule has 1 unspecified atom stereocenters. The van der Waals surface area contributed by atoms with E-state index in [4.69, 9.17) is 0 Å². The fourth-order valence-corrected chi connectivity index (χ4v) is 4.82. The van der Waals surface area contributed by atoms with Gasteiger partial charge >= 0.3 is 0 Å². The molecule has 0 aromatic carbocycles. The number of anilines is 1. The van der Waals surface area contributed by atoms with Gasteiger partial charge in [-0.3, -0.25) is 19.6 Å². The van der Waals surface area contributed by atoms with Gasteiger partial charge in [0, 0.05) is 6.20 Å². The summed E-state index contributed by atoms with van der Waals surface area (Å²) >= 11 is 0. The van der Waals surface area contributed by atoms with Crippen LogP contribution in [0.3, 0.4) is 0 Å². The van der Waals surface area contributed by atoms with Gasteiger partial charge in [0.1, 0.15) is 11.9 Å². The maximum atomic E-state index is 13.7. The van der Waals surface area contributed by atoms with Gasteiger partial charge in [0.25, 0.3) is 0 Å². The van der Waals surface area contributed by atoms with Crippen LogP contribution in [0, 0.1) is 17.3 Å². The van der Waals surface area contributed by atoms with Gasteiger partial charge in [-0.1, -0.05) is 72.3 Å². The molecule has 3 atom stereocenters. The zero-order chi connectivity index (χ0) is 25.1. The molecule has 1 aliphatic rings. The third-order valence-corrected chi connectivity index (χ3v) is 7.30. The lowest BCUT2D eigenvalue weighted by Crippen LogP contribution is -2.56. The first-order valence-corrected chi connectivity index (χ1v) is 12.7. The van der Waals surface area contributed by atoms with Crippen LogP contribution in [-0.4, -0.2) is 45.6 Å². The first kappa shape index (κ1) is 27.8. The fraction of sp³-hybridized carbons (Fsp3) is 0.692. The Morgan fingerprint density at radius 2 is 1.91 bits per heavy atom. The summed E-state index contributed by atoms with van der Waals surface area (Å²) in [7, 11) is 0.